The van der Waals surface area contributed by atoms with E-state index < -0.39 is 0 Å². The van der Waals surface area contributed by atoms with Gasteiger partial charge >= 0.3 is 0 Å². The third kappa shape index (κ3) is 5.63. The van der Waals surface area contributed by atoms with Crippen molar-refractivity contribution < 1.29 is 4.79 Å². The maximum atomic E-state index is 12.1. The maximum absolute atomic E-state index is 12.1. The molecule has 0 saturated heterocycles. The van der Waals surface area contributed by atoms with Crippen LogP contribution in [0.1, 0.15) is 16.9 Å². The van der Waals surface area contributed by atoms with Gasteiger partial charge in [0.25, 0.3) is 5.91 Å². The molecular formula is C16H19Cl2N5O. The fourth-order valence-electron chi connectivity index (χ4n) is 1.92. The maximum Gasteiger partial charge on any atom is 0.275 e. The van der Waals surface area contributed by atoms with Crippen LogP contribution in [-0.4, -0.2) is 48.0 Å². The van der Waals surface area contributed by atoms with Crippen LogP contribution in [0.3, 0.4) is 0 Å². The molecule has 0 saturated carbocycles. The second-order valence-corrected chi connectivity index (χ2v) is 6.27. The fraction of sp³-hybridized carbons (Fsp3) is 0.312. The Morgan fingerprint density at radius 2 is 1.96 bits per heavy atom. The van der Waals surface area contributed by atoms with E-state index in [0.29, 0.717) is 21.6 Å². The monoisotopic (exact) mass is 367 g/mol. The van der Waals surface area contributed by atoms with E-state index in [4.69, 9.17) is 23.2 Å². The highest BCUT2D eigenvalue weighted by molar-refractivity contribution is 6.42. The van der Waals surface area contributed by atoms with Gasteiger partial charge in [-0.25, -0.2) is 9.97 Å². The molecule has 0 aliphatic carbocycles. The van der Waals surface area contributed by atoms with Crippen LogP contribution in [0.15, 0.2) is 30.6 Å². The molecule has 0 unspecified atom stereocenters. The van der Waals surface area contributed by atoms with Gasteiger partial charge in [-0.3, -0.25) is 4.79 Å². The Balaban J connectivity index is 1.89. The zero-order valence-corrected chi connectivity index (χ0v) is 15.0. The van der Waals surface area contributed by atoms with Gasteiger partial charge in [0.2, 0.25) is 0 Å². The quantitative estimate of drug-likeness (QED) is 0.733. The topological polar surface area (TPSA) is 70.2 Å². The lowest BCUT2D eigenvalue weighted by molar-refractivity contribution is 0.102. The summed E-state index contributed by atoms with van der Waals surface area (Å²) in [6.07, 6.45) is 3.97. The first-order valence-corrected chi connectivity index (χ1v) is 8.18. The van der Waals surface area contributed by atoms with Crippen LogP contribution in [0.5, 0.6) is 0 Å². The molecule has 1 aromatic heterocycles. The minimum Gasteiger partial charge on any atom is -0.369 e. The summed E-state index contributed by atoms with van der Waals surface area (Å²) in [7, 11) is 4.06. The van der Waals surface area contributed by atoms with E-state index in [1.54, 1.807) is 24.4 Å². The van der Waals surface area contributed by atoms with Crippen molar-refractivity contribution in [2.24, 2.45) is 0 Å². The Labute approximate surface area is 151 Å². The molecule has 24 heavy (non-hydrogen) atoms. The van der Waals surface area contributed by atoms with Crippen molar-refractivity contribution in [2.75, 3.05) is 37.8 Å². The van der Waals surface area contributed by atoms with Crippen molar-refractivity contribution in [1.29, 1.82) is 0 Å². The summed E-state index contributed by atoms with van der Waals surface area (Å²) >= 11 is 11.8. The summed E-state index contributed by atoms with van der Waals surface area (Å²) in [4.78, 5) is 22.6. The number of nitrogens with one attached hydrogen (secondary N) is 2. The number of benzene rings is 1. The Hall–Kier alpha value is -1.89. The summed E-state index contributed by atoms with van der Waals surface area (Å²) in [5, 5.41) is 6.67. The lowest BCUT2D eigenvalue weighted by Gasteiger charge is -2.10. The van der Waals surface area contributed by atoms with Crippen LogP contribution in [-0.2, 0) is 0 Å². The van der Waals surface area contributed by atoms with E-state index in [1.165, 1.54) is 6.20 Å². The number of rotatable bonds is 7. The van der Waals surface area contributed by atoms with Crippen molar-refractivity contribution in [1.82, 2.24) is 14.9 Å². The van der Waals surface area contributed by atoms with Crippen LogP contribution in [0, 0.1) is 0 Å². The third-order valence-electron chi connectivity index (χ3n) is 3.15. The van der Waals surface area contributed by atoms with E-state index in [-0.39, 0.29) is 11.6 Å². The highest BCUT2D eigenvalue weighted by atomic mass is 35.5. The Morgan fingerprint density at radius 1 is 1.17 bits per heavy atom. The van der Waals surface area contributed by atoms with Crippen molar-refractivity contribution in [2.45, 2.75) is 6.42 Å². The molecule has 6 nitrogen and oxygen atoms in total. The predicted molar refractivity (Wildman–Crippen MR) is 98.1 cm³/mol. The molecule has 1 aromatic carbocycles. The molecule has 0 bridgehead atoms. The van der Waals surface area contributed by atoms with Crippen LogP contribution in [0.4, 0.5) is 11.5 Å². The molecule has 0 atom stereocenters. The zero-order valence-electron chi connectivity index (χ0n) is 13.5. The first kappa shape index (κ1) is 18.4. The van der Waals surface area contributed by atoms with E-state index in [1.807, 2.05) is 14.1 Å². The van der Waals surface area contributed by atoms with Crippen LogP contribution in [0.2, 0.25) is 10.0 Å². The molecule has 0 fully saturated rings. The summed E-state index contributed by atoms with van der Waals surface area (Å²) in [5.41, 5.74) is 0.766. The van der Waals surface area contributed by atoms with Gasteiger partial charge in [-0.2, -0.15) is 0 Å². The molecule has 0 aliphatic heterocycles. The standard InChI is InChI=1S/C16H19Cl2N5O/c1-23(2)7-3-6-19-15-10-20-14(9-21-15)16(24)22-11-4-5-12(17)13(18)8-11/h4-5,8-10H,3,6-7H2,1-2H3,(H,19,21)(H,22,24). The van der Waals surface area contributed by atoms with Gasteiger partial charge in [-0.05, 0) is 45.3 Å². The highest BCUT2D eigenvalue weighted by Gasteiger charge is 2.09. The number of carbonyl (C=O) groups excluding carboxylic acids is 1. The smallest absolute Gasteiger partial charge is 0.275 e. The van der Waals surface area contributed by atoms with Crippen molar-refractivity contribution in [3.05, 3.63) is 46.3 Å². The van der Waals surface area contributed by atoms with Crippen LogP contribution >= 0.6 is 23.2 Å². The van der Waals surface area contributed by atoms with E-state index in [0.717, 1.165) is 19.5 Å². The van der Waals surface area contributed by atoms with Gasteiger partial charge in [0, 0.05) is 12.2 Å². The van der Waals surface area contributed by atoms with Crippen molar-refractivity contribution in [3.63, 3.8) is 0 Å². The molecule has 1 heterocycles. The largest absolute Gasteiger partial charge is 0.369 e. The number of nitrogens with zero attached hydrogens (tertiary/aromatic N) is 3. The number of carbonyl (C=O) groups is 1. The first-order chi connectivity index (χ1) is 11.5. The predicted octanol–water partition coefficient (Wildman–Crippen LogP) is 3.40. The van der Waals surface area contributed by atoms with E-state index >= 15 is 0 Å². The number of halogens is 2. The summed E-state index contributed by atoms with van der Waals surface area (Å²) in [5.74, 6) is 0.278. The third-order valence-corrected chi connectivity index (χ3v) is 3.89. The zero-order chi connectivity index (χ0) is 17.5. The molecule has 128 valence electrons. The number of anilines is 2. The van der Waals surface area contributed by atoms with Gasteiger partial charge in [0.05, 0.1) is 22.4 Å². The lowest BCUT2D eigenvalue weighted by Crippen LogP contribution is -2.17. The minimum absolute atomic E-state index is 0.222. The summed E-state index contributed by atoms with van der Waals surface area (Å²) in [6.45, 7) is 1.78. The molecule has 0 radical (unpaired) electrons. The number of amides is 1. The minimum atomic E-state index is -0.361. The van der Waals surface area contributed by atoms with Crippen molar-refractivity contribution >= 4 is 40.6 Å². The number of hydrogen-bond acceptors (Lipinski definition) is 5. The average Bonchev–Trinajstić information content (AvgIpc) is 2.55. The molecule has 2 rings (SSSR count). The molecule has 2 N–H and O–H groups in total. The van der Waals surface area contributed by atoms with Crippen LogP contribution < -0.4 is 10.6 Å². The number of hydrogen-bond donors (Lipinski definition) is 2. The Kier molecular flexibility index (Phi) is 6.78. The summed E-state index contributed by atoms with van der Waals surface area (Å²) in [6, 6.07) is 4.86. The fourth-order valence-corrected chi connectivity index (χ4v) is 2.22. The second-order valence-electron chi connectivity index (χ2n) is 5.45. The van der Waals surface area contributed by atoms with Gasteiger partial charge in [0.1, 0.15) is 11.5 Å². The van der Waals surface area contributed by atoms with Gasteiger partial charge < -0.3 is 15.5 Å². The average molecular weight is 368 g/mol. The molecule has 1 amide bonds. The molecule has 0 aliphatic rings. The highest BCUT2D eigenvalue weighted by Crippen LogP contribution is 2.25. The molecule has 2 aromatic rings. The van der Waals surface area contributed by atoms with Crippen LogP contribution in [0.25, 0.3) is 0 Å². The lowest BCUT2D eigenvalue weighted by atomic mass is 10.3. The molecule has 8 heteroatoms. The first-order valence-electron chi connectivity index (χ1n) is 7.43. The number of aromatic nitrogens is 2. The Morgan fingerprint density at radius 3 is 2.58 bits per heavy atom. The second kappa shape index (κ2) is 8.82. The normalized spacial score (nSPS) is 10.7. The molecule has 0 spiro atoms. The summed E-state index contributed by atoms with van der Waals surface area (Å²) < 4.78 is 0. The molecular weight excluding hydrogens is 349 g/mol. The SMILES string of the molecule is CN(C)CCCNc1cnc(C(=O)Nc2ccc(Cl)c(Cl)c2)cn1. The van der Waals surface area contributed by atoms with Gasteiger partial charge in [0.15, 0.2) is 0 Å². The van der Waals surface area contributed by atoms with Crippen molar-refractivity contribution in [3.8, 4) is 0 Å². The van der Waals surface area contributed by atoms with Gasteiger partial charge in [-0.15, -0.1) is 0 Å². The van der Waals surface area contributed by atoms with E-state index in [9.17, 15) is 4.79 Å². The Bertz CT molecular complexity index is 691. The van der Waals surface area contributed by atoms with Gasteiger partial charge in [-0.1, -0.05) is 23.2 Å². The van der Waals surface area contributed by atoms with E-state index in [2.05, 4.69) is 25.5 Å².